The van der Waals surface area contributed by atoms with Crippen molar-refractivity contribution in [3.05, 3.63) is 0 Å². The molecule has 0 unspecified atom stereocenters. The van der Waals surface area contributed by atoms with E-state index in [0.717, 1.165) is 25.7 Å². The van der Waals surface area contributed by atoms with Crippen LogP contribution in [0.25, 0.3) is 0 Å². The third-order valence-corrected chi connectivity index (χ3v) is 4.22. The minimum atomic E-state index is -3.24. The monoisotopic (exact) mass is 250 g/mol. The number of hydrogen-bond donors (Lipinski definition) is 1. The Kier molecular flexibility index (Phi) is 6.26. The van der Waals surface area contributed by atoms with E-state index in [9.17, 15) is 8.42 Å². The first-order chi connectivity index (χ1) is 7.67. The second-order valence-corrected chi connectivity index (χ2v) is 5.66. The molecule has 96 valence electrons. The van der Waals surface area contributed by atoms with E-state index in [0.29, 0.717) is 32.8 Å². The Balaban J connectivity index is 2.22. The maximum absolute atomic E-state index is 11.8. The molecular formula is C10H22N2O3S. The molecular weight excluding hydrogens is 228 g/mol. The summed E-state index contributed by atoms with van der Waals surface area (Å²) in [5, 5.41) is 0. The van der Waals surface area contributed by atoms with E-state index in [1.807, 2.05) is 6.92 Å². The minimum Gasteiger partial charge on any atom is -0.382 e. The van der Waals surface area contributed by atoms with Crippen LogP contribution >= 0.6 is 0 Å². The van der Waals surface area contributed by atoms with Gasteiger partial charge >= 0.3 is 0 Å². The van der Waals surface area contributed by atoms with E-state index in [-0.39, 0.29) is 0 Å². The molecule has 0 bridgehead atoms. The van der Waals surface area contributed by atoms with Crippen LogP contribution in [0.5, 0.6) is 0 Å². The van der Waals surface area contributed by atoms with Crippen LogP contribution < -0.4 is 4.72 Å². The van der Waals surface area contributed by atoms with Gasteiger partial charge in [-0.3, -0.25) is 0 Å². The second kappa shape index (κ2) is 7.21. The molecule has 1 aliphatic heterocycles. The molecule has 5 nitrogen and oxygen atoms in total. The minimum absolute atomic E-state index is 0.457. The molecule has 1 fully saturated rings. The Morgan fingerprint density at radius 2 is 1.94 bits per heavy atom. The molecule has 0 aromatic rings. The molecule has 0 aromatic carbocycles. The summed E-state index contributed by atoms with van der Waals surface area (Å²) in [6.07, 6.45) is 3.80. The highest BCUT2D eigenvalue weighted by Gasteiger charge is 2.22. The van der Waals surface area contributed by atoms with Crippen LogP contribution in [0.1, 0.15) is 32.6 Å². The smallest absolute Gasteiger partial charge is 0.279 e. The number of hydrogen-bond acceptors (Lipinski definition) is 3. The number of nitrogens with zero attached hydrogens (tertiary/aromatic N) is 1. The summed E-state index contributed by atoms with van der Waals surface area (Å²) in [5.74, 6) is 0. The van der Waals surface area contributed by atoms with Crippen LogP contribution in [0.4, 0.5) is 0 Å². The SMILES string of the molecule is CCOCCCNS(=O)(=O)N1CCCCC1. The van der Waals surface area contributed by atoms with Gasteiger partial charge in [0.25, 0.3) is 10.2 Å². The molecule has 1 rings (SSSR count). The van der Waals surface area contributed by atoms with Crippen LogP contribution in [-0.4, -0.2) is 45.6 Å². The average Bonchev–Trinajstić information content (AvgIpc) is 2.30. The van der Waals surface area contributed by atoms with Crippen LogP contribution in [0.3, 0.4) is 0 Å². The fourth-order valence-corrected chi connectivity index (χ4v) is 3.04. The molecule has 6 heteroatoms. The molecule has 1 aliphatic rings. The molecule has 1 saturated heterocycles. The standard InChI is InChI=1S/C10H22N2O3S/c1-2-15-10-6-7-11-16(13,14)12-8-4-3-5-9-12/h11H,2-10H2,1H3. The number of ether oxygens (including phenoxy) is 1. The van der Waals surface area contributed by atoms with Crippen molar-refractivity contribution < 1.29 is 13.2 Å². The largest absolute Gasteiger partial charge is 0.382 e. The maximum Gasteiger partial charge on any atom is 0.279 e. The van der Waals surface area contributed by atoms with Crippen molar-refractivity contribution in [2.24, 2.45) is 0 Å². The lowest BCUT2D eigenvalue weighted by atomic mass is 10.2. The van der Waals surface area contributed by atoms with Crippen LogP contribution in [0, 0.1) is 0 Å². The fourth-order valence-electron chi connectivity index (χ4n) is 1.72. The van der Waals surface area contributed by atoms with Gasteiger partial charge in [-0.2, -0.15) is 12.7 Å². The van der Waals surface area contributed by atoms with E-state index in [2.05, 4.69) is 4.72 Å². The van der Waals surface area contributed by atoms with E-state index in [1.165, 1.54) is 4.31 Å². The van der Waals surface area contributed by atoms with Crippen molar-refractivity contribution in [1.29, 1.82) is 0 Å². The van der Waals surface area contributed by atoms with Crippen LogP contribution in [0.15, 0.2) is 0 Å². The van der Waals surface area contributed by atoms with Gasteiger partial charge in [0.15, 0.2) is 0 Å². The Morgan fingerprint density at radius 1 is 1.25 bits per heavy atom. The quantitative estimate of drug-likeness (QED) is 0.678. The first-order valence-corrected chi connectivity index (χ1v) is 7.43. The normalized spacial score (nSPS) is 18.8. The highest BCUT2D eigenvalue weighted by Crippen LogP contribution is 2.11. The predicted octanol–water partition coefficient (Wildman–Crippen LogP) is 0.733. The number of nitrogens with one attached hydrogen (secondary N) is 1. The van der Waals surface area contributed by atoms with Gasteiger partial charge in [-0.15, -0.1) is 0 Å². The molecule has 0 atom stereocenters. The molecule has 1 heterocycles. The Bertz CT molecular complexity index is 274. The predicted molar refractivity (Wildman–Crippen MR) is 63.5 cm³/mol. The van der Waals surface area contributed by atoms with Gasteiger partial charge in [-0.25, -0.2) is 4.72 Å². The van der Waals surface area contributed by atoms with Gasteiger partial charge in [0.05, 0.1) is 0 Å². The summed E-state index contributed by atoms with van der Waals surface area (Å²) in [6, 6.07) is 0. The van der Waals surface area contributed by atoms with Gasteiger partial charge in [-0.1, -0.05) is 6.42 Å². The number of rotatable bonds is 7. The third-order valence-electron chi connectivity index (χ3n) is 2.61. The first-order valence-electron chi connectivity index (χ1n) is 5.99. The van der Waals surface area contributed by atoms with Crippen molar-refractivity contribution in [2.75, 3.05) is 32.8 Å². The van der Waals surface area contributed by atoms with E-state index in [4.69, 9.17) is 4.74 Å². The van der Waals surface area contributed by atoms with Crippen molar-refractivity contribution in [3.63, 3.8) is 0 Å². The van der Waals surface area contributed by atoms with Crippen molar-refractivity contribution in [1.82, 2.24) is 9.03 Å². The van der Waals surface area contributed by atoms with E-state index in [1.54, 1.807) is 0 Å². The third kappa shape index (κ3) is 4.78. The van der Waals surface area contributed by atoms with E-state index < -0.39 is 10.2 Å². The second-order valence-electron chi connectivity index (χ2n) is 3.91. The summed E-state index contributed by atoms with van der Waals surface area (Å²) in [5.41, 5.74) is 0. The molecule has 1 N–H and O–H groups in total. The van der Waals surface area contributed by atoms with Gasteiger partial charge in [0.2, 0.25) is 0 Å². The lowest BCUT2D eigenvalue weighted by Gasteiger charge is -2.25. The molecule has 0 saturated carbocycles. The Labute approximate surface area is 98.3 Å². The summed E-state index contributed by atoms with van der Waals surface area (Å²) in [6.45, 7) is 4.98. The van der Waals surface area contributed by atoms with E-state index >= 15 is 0 Å². The van der Waals surface area contributed by atoms with Gasteiger partial charge in [0.1, 0.15) is 0 Å². The van der Waals surface area contributed by atoms with Crippen LogP contribution in [-0.2, 0) is 14.9 Å². The van der Waals surface area contributed by atoms with Gasteiger partial charge in [0, 0.05) is 32.8 Å². The average molecular weight is 250 g/mol. The van der Waals surface area contributed by atoms with Crippen molar-refractivity contribution >= 4 is 10.2 Å². The molecule has 0 spiro atoms. The Hall–Kier alpha value is -0.170. The highest BCUT2D eigenvalue weighted by atomic mass is 32.2. The molecule has 0 aliphatic carbocycles. The fraction of sp³-hybridized carbons (Fsp3) is 1.00. The lowest BCUT2D eigenvalue weighted by Crippen LogP contribution is -2.43. The summed E-state index contributed by atoms with van der Waals surface area (Å²) in [4.78, 5) is 0. The first kappa shape index (κ1) is 13.9. The van der Waals surface area contributed by atoms with Gasteiger partial charge in [-0.05, 0) is 26.2 Å². The van der Waals surface area contributed by atoms with Crippen molar-refractivity contribution in [2.45, 2.75) is 32.6 Å². The summed E-state index contributed by atoms with van der Waals surface area (Å²) < 4.78 is 32.9. The number of piperidine rings is 1. The molecule has 0 amide bonds. The molecule has 0 aromatic heterocycles. The zero-order valence-electron chi connectivity index (χ0n) is 9.94. The van der Waals surface area contributed by atoms with Crippen molar-refractivity contribution in [3.8, 4) is 0 Å². The maximum atomic E-state index is 11.8. The molecule has 16 heavy (non-hydrogen) atoms. The van der Waals surface area contributed by atoms with Crippen LogP contribution in [0.2, 0.25) is 0 Å². The lowest BCUT2D eigenvalue weighted by molar-refractivity contribution is 0.146. The molecule has 0 radical (unpaired) electrons. The summed E-state index contributed by atoms with van der Waals surface area (Å²) in [7, 11) is -3.24. The zero-order chi connectivity index (χ0) is 11.9. The Morgan fingerprint density at radius 3 is 2.56 bits per heavy atom. The topological polar surface area (TPSA) is 58.6 Å². The highest BCUT2D eigenvalue weighted by molar-refractivity contribution is 7.87. The summed E-state index contributed by atoms with van der Waals surface area (Å²) >= 11 is 0. The van der Waals surface area contributed by atoms with Gasteiger partial charge < -0.3 is 4.74 Å². The zero-order valence-corrected chi connectivity index (χ0v) is 10.8.